The van der Waals surface area contributed by atoms with Crippen LogP contribution in [-0.4, -0.2) is 89.1 Å². The first-order valence-corrected chi connectivity index (χ1v) is 24.2. The molecule has 61 heavy (non-hydrogen) atoms. The van der Waals surface area contributed by atoms with Crippen LogP contribution in [0.1, 0.15) is 149 Å². The minimum atomic E-state index is -0.747. The van der Waals surface area contributed by atoms with E-state index in [1.54, 1.807) is 12.5 Å². The summed E-state index contributed by atoms with van der Waals surface area (Å²) in [5.41, 5.74) is 15.0. The van der Waals surface area contributed by atoms with Gasteiger partial charge in [-0.3, -0.25) is 14.4 Å². The molecule has 5 aliphatic rings. The van der Waals surface area contributed by atoms with E-state index in [1.165, 1.54) is 61.8 Å². The Morgan fingerprint density at radius 1 is 0.967 bits per heavy atom. The number of allylic oxidation sites excluding steroid dienone is 1. The first-order chi connectivity index (χ1) is 29.2. The Kier molecular flexibility index (Phi) is 16.4. The topological polar surface area (TPSA) is 198 Å². The van der Waals surface area contributed by atoms with E-state index < -0.39 is 24.2 Å². The number of unbranched alkanes of at least 4 members (excludes halogenated alkanes) is 1. The van der Waals surface area contributed by atoms with Crippen LogP contribution in [0.15, 0.2) is 24.2 Å². The van der Waals surface area contributed by atoms with Crippen molar-refractivity contribution in [2.24, 2.45) is 57.8 Å². The molecule has 4 unspecified atom stereocenters. The summed E-state index contributed by atoms with van der Waals surface area (Å²) in [7, 11) is 0. The van der Waals surface area contributed by atoms with Crippen molar-refractivity contribution < 1.29 is 23.9 Å². The predicted molar refractivity (Wildman–Crippen MR) is 239 cm³/mol. The Bertz CT molecular complexity index is 1650. The molecule has 342 valence electrons. The minimum Gasteiger partial charge on any atom is -0.446 e. The Morgan fingerprint density at radius 3 is 2.54 bits per heavy atom. The lowest BCUT2D eigenvalue weighted by Gasteiger charge is -2.58. The third kappa shape index (κ3) is 11.4. The number of aromatic amines is 1. The Hall–Kier alpha value is -3.45. The molecule has 2 heterocycles. The highest BCUT2D eigenvalue weighted by molar-refractivity contribution is 5.90. The number of carbonyl (C=O) groups excluding carboxylic acids is 4. The molecular formula is C48H80N8O5. The molecule has 13 nitrogen and oxygen atoms in total. The van der Waals surface area contributed by atoms with Gasteiger partial charge in [-0.25, -0.2) is 9.78 Å². The van der Waals surface area contributed by atoms with Crippen LogP contribution in [0.25, 0.3) is 0 Å². The van der Waals surface area contributed by atoms with Gasteiger partial charge < -0.3 is 42.0 Å². The number of likely N-dealkylation sites (tertiary alicyclic amines) is 1. The van der Waals surface area contributed by atoms with E-state index >= 15 is 0 Å². The zero-order valence-corrected chi connectivity index (χ0v) is 38.2. The second-order valence-electron chi connectivity index (χ2n) is 20.6. The highest BCUT2D eigenvalue weighted by Crippen LogP contribution is 2.67. The summed E-state index contributed by atoms with van der Waals surface area (Å²) < 4.78 is 5.99. The molecule has 1 saturated heterocycles. The number of carbonyl (C=O) groups is 4. The molecular weight excluding hydrogens is 769 g/mol. The molecule has 4 amide bonds. The smallest absolute Gasteiger partial charge is 0.407 e. The van der Waals surface area contributed by atoms with Crippen molar-refractivity contribution in [3.8, 4) is 0 Å². The van der Waals surface area contributed by atoms with Gasteiger partial charge in [0.2, 0.25) is 17.7 Å². The number of nitrogens with two attached hydrogens (primary N) is 2. The van der Waals surface area contributed by atoms with Gasteiger partial charge in [0.1, 0.15) is 12.1 Å². The van der Waals surface area contributed by atoms with Gasteiger partial charge in [0, 0.05) is 56.8 Å². The number of aromatic nitrogens is 2. The third-order valence-corrected chi connectivity index (χ3v) is 16.2. The molecule has 8 N–H and O–H groups in total. The Morgan fingerprint density at radius 2 is 1.79 bits per heavy atom. The van der Waals surface area contributed by atoms with E-state index in [0.29, 0.717) is 50.7 Å². The van der Waals surface area contributed by atoms with Gasteiger partial charge >= 0.3 is 6.09 Å². The summed E-state index contributed by atoms with van der Waals surface area (Å²) in [5, 5.41) is 8.83. The molecule has 11 atom stereocenters. The molecule has 4 fully saturated rings. The fourth-order valence-corrected chi connectivity index (χ4v) is 12.8. The second kappa shape index (κ2) is 21.3. The van der Waals surface area contributed by atoms with Crippen molar-refractivity contribution >= 4 is 23.8 Å². The minimum absolute atomic E-state index is 0.131. The number of fused-ring (bicyclic) bond motifs is 5. The SMILES string of the molecule is CC(C)CCC[C@@H](C)[C@H]1CCC2C3CC=C4CC(OC(=O)NCCCC(=O)N[C@H]5C[C@@H](C(=O)NCCc6cnc[nH]6)N(C(=O)[C@H](N)CCCCN)C5)CC[C@]4(C)C3CC[C@@]21C. The van der Waals surface area contributed by atoms with Gasteiger partial charge in [-0.15, -0.1) is 0 Å². The summed E-state index contributed by atoms with van der Waals surface area (Å²) in [5.74, 6) is 4.01. The fourth-order valence-electron chi connectivity index (χ4n) is 12.8. The lowest BCUT2D eigenvalue weighted by molar-refractivity contribution is -0.139. The summed E-state index contributed by atoms with van der Waals surface area (Å²) in [6.45, 7) is 13.8. The number of nitrogens with one attached hydrogen (secondary N) is 4. The lowest BCUT2D eigenvalue weighted by atomic mass is 9.47. The molecule has 0 bridgehead atoms. The van der Waals surface area contributed by atoms with Gasteiger partial charge in [-0.2, -0.15) is 0 Å². The maximum Gasteiger partial charge on any atom is 0.407 e. The van der Waals surface area contributed by atoms with E-state index in [2.05, 4.69) is 66.6 Å². The van der Waals surface area contributed by atoms with E-state index in [1.807, 2.05) is 0 Å². The first-order valence-electron chi connectivity index (χ1n) is 24.2. The van der Waals surface area contributed by atoms with Gasteiger partial charge in [-0.1, -0.05) is 72.0 Å². The number of alkyl carbamates (subject to hydrolysis) is 1. The number of imidazole rings is 1. The average molecular weight is 849 g/mol. The molecule has 3 saturated carbocycles. The largest absolute Gasteiger partial charge is 0.446 e. The zero-order chi connectivity index (χ0) is 43.7. The highest BCUT2D eigenvalue weighted by atomic mass is 16.6. The van der Waals surface area contributed by atoms with Crippen LogP contribution < -0.4 is 27.4 Å². The summed E-state index contributed by atoms with van der Waals surface area (Å²) in [6, 6.07) is -1.88. The fraction of sp³-hybridized carbons (Fsp3) is 0.812. The van der Waals surface area contributed by atoms with Gasteiger partial charge in [0.25, 0.3) is 0 Å². The first kappa shape index (κ1) is 47.0. The Labute approximate surface area is 365 Å². The van der Waals surface area contributed by atoms with Crippen molar-refractivity contribution in [2.45, 2.75) is 174 Å². The van der Waals surface area contributed by atoms with Crippen LogP contribution in [0.5, 0.6) is 0 Å². The third-order valence-electron chi connectivity index (χ3n) is 16.2. The van der Waals surface area contributed by atoms with E-state index in [9.17, 15) is 19.2 Å². The van der Waals surface area contributed by atoms with Crippen LogP contribution in [0, 0.1) is 46.3 Å². The van der Waals surface area contributed by atoms with E-state index in [-0.39, 0.29) is 42.2 Å². The quantitative estimate of drug-likeness (QED) is 0.0629. The van der Waals surface area contributed by atoms with Crippen molar-refractivity contribution in [3.05, 3.63) is 29.9 Å². The van der Waals surface area contributed by atoms with Gasteiger partial charge in [0.15, 0.2) is 0 Å². The van der Waals surface area contributed by atoms with Crippen LogP contribution in [0.2, 0.25) is 0 Å². The van der Waals surface area contributed by atoms with Crippen LogP contribution in [-0.2, 0) is 25.5 Å². The standard InChI is InChI=1S/C48H80N8O5/c1-31(2)10-8-11-32(3)38-16-17-39-37-15-14-33-26-36(18-21-47(33,4)40(37)19-22-48(38,39)5)61-46(60)53-24-9-13-43(57)55-35-27-42(44(58)52-25-20-34-28-51-30-54-34)56(29-35)45(59)41(50)12-6-7-23-49/h14,28,30-32,35-42H,6-13,15-27,29,49-50H2,1-5H3,(H,51,54)(H,52,58)(H,53,60)(H,55,57)/t32-,35+,36?,37?,38-,39?,40?,41-,42+,47+,48-/m1/s1. The van der Waals surface area contributed by atoms with E-state index in [0.717, 1.165) is 73.3 Å². The van der Waals surface area contributed by atoms with Gasteiger partial charge in [-0.05, 0) is 124 Å². The number of H-pyrrole nitrogens is 1. The number of ether oxygens (including phenoxy) is 1. The molecule has 4 aliphatic carbocycles. The Balaban J connectivity index is 0.925. The summed E-state index contributed by atoms with van der Waals surface area (Å²) in [6.07, 6.45) is 22.2. The molecule has 1 aromatic heterocycles. The lowest BCUT2D eigenvalue weighted by Crippen LogP contribution is -2.51. The monoisotopic (exact) mass is 849 g/mol. The molecule has 0 spiro atoms. The number of hydrogen-bond donors (Lipinski definition) is 6. The van der Waals surface area contributed by atoms with Crippen molar-refractivity contribution in [1.82, 2.24) is 30.8 Å². The highest BCUT2D eigenvalue weighted by Gasteiger charge is 2.59. The summed E-state index contributed by atoms with van der Waals surface area (Å²) >= 11 is 0. The molecule has 1 aliphatic heterocycles. The maximum absolute atomic E-state index is 13.4. The molecule has 0 radical (unpaired) electrons. The maximum atomic E-state index is 13.4. The number of rotatable bonds is 20. The normalized spacial score (nSPS) is 31.6. The molecule has 6 rings (SSSR count). The van der Waals surface area contributed by atoms with Crippen LogP contribution >= 0.6 is 0 Å². The van der Waals surface area contributed by atoms with Crippen molar-refractivity contribution in [1.29, 1.82) is 0 Å². The van der Waals surface area contributed by atoms with Crippen molar-refractivity contribution in [2.75, 3.05) is 26.2 Å². The predicted octanol–water partition coefficient (Wildman–Crippen LogP) is 6.53. The zero-order valence-electron chi connectivity index (χ0n) is 38.2. The second-order valence-corrected chi connectivity index (χ2v) is 20.6. The van der Waals surface area contributed by atoms with Crippen LogP contribution in [0.3, 0.4) is 0 Å². The van der Waals surface area contributed by atoms with Gasteiger partial charge in [0.05, 0.1) is 12.4 Å². The molecule has 1 aromatic rings. The number of amides is 4. The van der Waals surface area contributed by atoms with Crippen LogP contribution in [0.4, 0.5) is 4.79 Å². The van der Waals surface area contributed by atoms with Crippen molar-refractivity contribution in [3.63, 3.8) is 0 Å². The summed E-state index contributed by atoms with van der Waals surface area (Å²) in [4.78, 5) is 61.3. The molecule has 0 aromatic carbocycles. The number of hydrogen-bond acceptors (Lipinski definition) is 8. The molecule has 13 heteroatoms. The number of nitrogens with zero attached hydrogens (tertiary/aromatic N) is 2. The van der Waals surface area contributed by atoms with E-state index in [4.69, 9.17) is 16.2 Å². The average Bonchev–Trinajstić information content (AvgIpc) is 3.98.